The summed E-state index contributed by atoms with van der Waals surface area (Å²) in [5.74, 6) is 0.827. The molecule has 0 heteroatoms. The highest BCUT2D eigenvalue weighted by Gasteiger charge is 1.97. The van der Waals surface area contributed by atoms with E-state index in [9.17, 15) is 0 Å². The maximum Gasteiger partial charge on any atom is -0.0321 e. The zero-order chi connectivity index (χ0) is 9.40. The second-order valence-corrected chi connectivity index (χ2v) is 4.14. The fourth-order valence-corrected chi connectivity index (χ4v) is 1.24. The van der Waals surface area contributed by atoms with Crippen molar-refractivity contribution in [2.24, 2.45) is 5.92 Å². The summed E-state index contributed by atoms with van der Waals surface area (Å²) in [5, 5.41) is 0. The van der Waals surface area contributed by atoms with Gasteiger partial charge >= 0.3 is 0 Å². The molecule has 0 aliphatic carbocycles. The molecule has 0 aromatic rings. The Hall–Kier alpha value is -0.260. The molecule has 0 bridgehead atoms. The van der Waals surface area contributed by atoms with Crippen molar-refractivity contribution in [3.63, 3.8) is 0 Å². The third-order valence-electron chi connectivity index (χ3n) is 2.21. The van der Waals surface area contributed by atoms with Gasteiger partial charge in [-0.05, 0) is 31.6 Å². The third kappa shape index (κ3) is 7.84. The first-order chi connectivity index (χ1) is 5.66. The summed E-state index contributed by atoms with van der Waals surface area (Å²) in [6, 6.07) is 0. The van der Waals surface area contributed by atoms with Crippen LogP contribution in [0.15, 0.2) is 12.2 Å². The van der Waals surface area contributed by atoms with Crippen molar-refractivity contribution < 1.29 is 0 Å². The van der Waals surface area contributed by atoms with E-state index in [0.717, 1.165) is 5.92 Å². The molecule has 0 rings (SSSR count). The van der Waals surface area contributed by atoms with Crippen LogP contribution in [-0.4, -0.2) is 0 Å². The normalized spacial score (nSPS) is 10.7. The van der Waals surface area contributed by atoms with E-state index in [-0.39, 0.29) is 0 Å². The highest BCUT2D eigenvalue weighted by atomic mass is 14.0. The van der Waals surface area contributed by atoms with Gasteiger partial charge in [-0.25, -0.2) is 0 Å². The van der Waals surface area contributed by atoms with Gasteiger partial charge in [0.25, 0.3) is 0 Å². The van der Waals surface area contributed by atoms with Gasteiger partial charge in [-0.3, -0.25) is 0 Å². The van der Waals surface area contributed by atoms with Gasteiger partial charge in [-0.2, -0.15) is 0 Å². The van der Waals surface area contributed by atoms with Crippen LogP contribution in [0, 0.1) is 5.92 Å². The summed E-state index contributed by atoms with van der Waals surface area (Å²) < 4.78 is 0. The van der Waals surface area contributed by atoms with Crippen molar-refractivity contribution in [3.8, 4) is 0 Å². The van der Waals surface area contributed by atoms with Crippen LogP contribution in [0.3, 0.4) is 0 Å². The predicted molar refractivity (Wildman–Crippen MR) is 57.4 cm³/mol. The fourth-order valence-electron chi connectivity index (χ4n) is 1.24. The molecule has 0 spiro atoms. The minimum absolute atomic E-state index is 0.827. The predicted octanol–water partition coefficient (Wildman–Crippen LogP) is 4.56. The molecule has 0 aromatic carbocycles. The Bertz CT molecular complexity index is 111. The topological polar surface area (TPSA) is 0 Å². The molecule has 72 valence electrons. The zero-order valence-electron chi connectivity index (χ0n) is 9.03. The molecular weight excluding hydrogens is 144 g/mol. The molecular formula is C12H24. The van der Waals surface area contributed by atoms with Crippen LogP contribution in [0.1, 0.15) is 59.3 Å². The highest BCUT2D eigenvalue weighted by Crippen LogP contribution is 2.15. The van der Waals surface area contributed by atoms with Crippen LogP contribution in [0.25, 0.3) is 0 Å². The van der Waals surface area contributed by atoms with Crippen molar-refractivity contribution in [1.82, 2.24) is 0 Å². The second-order valence-electron chi connectivity index (χ2n) is 4.14. The highest BCUT2D eigenvalue weighted by molar-refractivity contribution is 4.93. The van der Waals surface area contributed by atoms with Crippen molar-refractivity contribution in [2.75, 3.05) is 0 Å². The molecule has 0 aliphatic heterocycles. The van der Waals surface area contributed by atoms with Crippen LogP contribution in [0.5, 0.6) is 0 Å². The Labute approximate surface area is 78.1 Å². The van der Waals surface area contributed by atoms with Crippen LogP contribution in [0.2, 0.25) is 0 Å². The lowest BCUT2D eigenvalue weighted by Gasteiger charge is -2.06. The number of allylic oxidation sites excluding steroid dienone is 1. The number of hydrogen-bond donors (Lipinski definition) is 0. The van der Waals surface area contributed by atoms with Gasteiger partial charge in [0, 0.05) is 0 Å². The minimum Gasteiger partial charge on any atom is -0.0999 e. The molecule has 0 unspecified atom stereocenters. The smallest absolute Gasteiger partial charge is 0.0321 e. The van der Waals surface area contributed by atoms with E-state index in [0.29, 0.717) is 0 Å². The molecule has 0 saturated heterocycles. The Kier molecular flexibility index (Phi) is 7.23. The molecule has 0 atom stereocenters. The molecule has 0 aliphatic rings. The molecule has 0 fully saturated rings. The summed E-state index contributed by atoms with van der Waals surface area (Å²) in [5.41, 5.74) is 1.46. The molecule has 12 heavy (non-hydrogen) atoms. The molecule has 0 nitrogen and oxygen atoms in total. The van der Waals surface area contributed by atoms with Gasteiger partial charge in [-0.15, -0.1) is 0 Å². The average molecular weight is 168 g/mol. The van der Waals surface area contributed by atoms with Gasteiger partial charge in [0.15, 0.2) is 0 Å². The van der Waals surface area contributed by atoms with Crippen LogP contribution >= 0.6 is 0 Å². The van der Waals surface area contributed by atoms with E-state index < -0.39 is 0 Å². The maximum absolute atomic E-state index is 4.10. The summed E-state index contributed by atoms with van der Waals surface area (Å²) in [7, 11) is 0. The summed E-state index contributed by atoms with van der Waals surface area (Å²) in [4.78, 5) is 0. The third-order valence-corrected chi connectivity index (χ3v) is 2.21. The van der Waals surface area contributed by atoms with Gasteiger partial charge in [0.05, 0.1) is 0 Å². The first kappa shape index (κ1) is 11.7. The number of hydrogen-bond acceptors (Lipinski definition) is 0. The van der Waals surface area contributed by atoms with E-state index in [1.807, 2.05) is 0 Å². The largest absolute Gasteiger partial charge is 0.0999 e. The Morgan fingerprint density at radius 3 is 2.33 bits per heavy atom. The van der Waals surface area contributed by atoms with Crippen molar-refractivity contribution in [2.45, 2.75) is 59.3 Å². The van der Waals surface area contributed by atoms with Crippen LogP contribution in [0.4, 0.5) is 0 Å². The quantitative estimate of drug-likeness (QED) is 0.386. The van der Waals surface area contributed by atoms with E-state index >= 15 is 0 Å². The second kappa shape index (κ2) is 7.39. The van der Waals surface area contributed by atoms with E-state index in [1.165, 1.54) is 44.1 Å². The van der Waals surface area contributed by atoms with E-state index in [4.69, 9.17) is 0 Å². The van der Waals surface area contributed by atoms with Crippen LogP contribution in [-0.2, 0) is 0 Å². The van der Waals surface area contributed by atoms with Gasteiger partial charge in [-0.1, -0.05) is 45.8 Å². The molecule has 0 saturated carbocycles. The molecule has 0 N–H and O–H groups in total. The van der Waals surface area contributed by atoms with Crippen molar-refractivity contribution in [3.05, 3.63) is 12.2 Å². The summed E-state index contributed by atoms with van der Waals surface area (Å²) >= 11 is 0. The molecule has 0 amide bonds. The number of unbranched alkanes of at least 4 members (excludes halogenated alkanes) is 2. The average Bonchev–Trinajstić information content (AvgIpc) is 2.01. The summed E-state index contributed by atoms with van der Waals surface area (Å²) in [6.45, 7) is 10.9. The maximum atomic E-state index is 4.10. The molecule has 0 aromatic heterocycles. The SMILES string of the molecule is C=C(CCCCC)CCC(C)C. The fraction of sp³-hybridized carbons (Fsp3) is 0.833. The lowest BCUT2D eigenvalue weighted by molar-refractivity contribution is 0.571. The first-order valence-corrected chi connectivity index (χ1v) is 5.33. The first-order valence-electron chi connectivity index (χ1n) is 5.33. The monoisotopic (exact) mass is 168 g/mol. The van der Waals surface area contributed by atoms with Gasteiger partial charge < -0.3 is 0 Å². The Morgan fingerprint density at radius 2 is 1.83 bits per heavy atom. The van der Waals surface area contributed by atoms with Gasteiger partial charge in [0.2, 0.25) is 0 Å². The van der Waals surface area contributed by atoms with Crippen LogP contribution < -0.4 is 0 Å². The standard InChI is InChI=1S/C12H24/c1-5-6-7-8-12(4)10-9-11(2)3/h11H,4-10H2,1-3H3. The van der Waals surface area contributed by atoms with E-state index in [2.05, 4.69) is 27.4 Å². The molecule has 0 radical (unpaired) electrons. The zero-order valence-corrected chi connectivity index (χ0v) is 9.03. The van der Waals surface area contributed by atoms with Gasteiger partial charge in [0.1, 0.15) is 0 Å². The van der Waals surface area contributed by atoms with E-state index in [1.54, 1.807) is 0 Å². The summed E-state index contributed by atoms with van der Waals surface area (Å²) in [6.07, 6.45) is 7.82. The Balaban J connectivity index is 3.22. The van der Waals surface area contributed by atoms with Crippen molar-refractivity contribution >= 4 is 0 Å². The lowest BCUT2D eigenvalue weighted by Crippen LogP contribution is -1.89. The van der Waals surface area contributed by atoms with Crippen molar-refractivity contribution in [1.29, 1.82) is 0 Å². The lowest BCUT2D eigenvalue weighted by atomic mass is 10.00. The molecule has 0 heterocycles. The number of rotatable bonds is 7. The Morgan fingerprint density at radius 1 is 1.17 bits per heavy atom. The minimum atomic E-state index is 0.827.